The van der Waals surface area contributed by atoms with Crippen LogP contribution in [0.4, 0.5) is 5.69 Å². The number of carboxylic acids is 1. The van der Waals surface area contributed by atoms with E-state index in [4.69, 9.17) is 10.8 Å². The molecule has 0 amide bonds. The number of nitrogen functional groups attached to an aromatic ring is 1. The third-order valence-electron chi connectivity index (χ3n) is 2.30. The summed E-state index contributed by atoms with van der Waals surface area (Å²) in [7, 11) is 0. The third-order valence-corrected chi connectivity index (χ3v) is 2.30. The number of aromatic carboxylic acids is 1. The number of nitrogens with two attached hydrogens (primary N) is 1. The molecule has 16 heavy (non-hydrogen) atoms. The Balaban J connectivity index is 2.65. The molecule has 0 bridgehead atoms. The van der Waals surface area contributed by atoms with E-state index in [2.05, 4.69) is 4.98 Å². The summed E-state index contributed by atoms with van der Waals surface area (Å²) in [4.78, 5) is 14.8. The van der Waals surface area contributed by atoms with Crippen molar-refractivity contribution >= 4 is 11.7 Å². The highest BCUT2D eigenvalue weighted by Gasteiger charge is 2.12. The van der Waals surface area contributed by atoms with E-state index in [1.165, 1.54) is 6.20 Å². The van der Waals surface area contributed by atoms with Crippen molar-refractivity contribution in [3.8, 4) is 11.1 Å². The number of hydrogen-bond acceptors (Lipinski definition) is 3. The second-order valence-corrected chi connectivity index (χ2v) is 3.31. The van der Waals surface area contributed by atoms with Crippen molar-refractivity contribution in [3.63, 3.8) is 0 Å². The van der Waals surface area contributed by atoms with Crippen molar-refractivity contribution < 1.29 is 9.90 Å². The molecule has 2 rings (SSSR count). The number of aromatic nitrogens is 1. The molecule has 0 saturated carbocycles. The van der Waals surface area contributed by atoms with Crippen LogP contribution in [0.1, 0.15) is 10.4 Å². The first-order chi connectivity index (χ1) is 7.70. The fraction of sp³-hybridized carbons (Fsp3) is 0. The van der Waals surface area contributed by atoms with Gasteiger partial charge in [-0.15, -0.1) is 0 Å². The van der Waals surface area contributed by atoms with E-state index < -0.39 is 5.97 Å². The lowest BCUT2D eigenvalue weighted by Gasteiger charge is -2.07. The zero-order valence-corrected chi connectivity index (χ0v) is 8.42. The Labute approximate surface area is 92.4 Å². The molecule has 1 heterocycles. The van der Waals surface area contributed by atoms with Gasteiger partial charge in [0.25, 0.3) is 0 Å². The molecule has 0 unspecified atom stereocenters. The monoisotopic (exact) mass is 214 g/mol. The Hall–Kier alpha value is -2.36. The van der Waals surface area contributed by atoms with Gasteiger partial charge in [0.15, 0.2) is 0 Å². The number of anilines is 1. The van der Waals surface area contributed by atoms with Gasteiger partial charge in [-0.05, 0) is 12.1 Å². The fourth-order valence-electron chi connectivity index (χ4n) is 1.54. The van der Waals surface area contributed by atoms with Crippen molar-refractivity contribution in [1.82, 2.24) is 4.98 Å². The van der Waals surface area contributed by atoms with Crippen LogP contribution in [0.25, 0.3) is 11.1 Å². The van der Waals surface area contributed by atoms with Crippen LogP contribution in [0, 0.1) is 0 Å². The van der Waals surface area contributed by atoms with E-state index in [1.54, 1.807) is 30.5 Å². The van der Waals surface area contributed by atoms with E-state index in [0.717, 1.165) is 0 Å². The third kappa shape index (κ3) is 1.72. The lowest BCUT2D eigenvalue weighted by Crippen LogP contribution is -2.01. The zero-order valence-electron chi connectivity index (χ0n) is 8.42. The quantitative estimate of drug-likeness (QED) is 0.750. The standard InChI is InChI=1S/C12H10N2O2/c13-11-4-2-1-3-9(11)8-5-6-14-7-10(8)12(15)16/h1-7H,13H2,(H,15,16). The SMILES string of the molecule is Nc1ccccc1-c1ccncc1C(=O)O. The number of carbonyl (C=O) groups is 1. The summed E-state index contributed by atoms with van der Waals surface area (Å²) in [5.41, 5.74) is 7.81. The maximum Gasteiger partial charge on any atom is 0.337 e. The maximum atomic E-state index is 11.0. The second-order valence-electron chi connectivity index (χ2n) is 3.31. The maximum absolute atomic E-state index is 11.0. The molecule has 0 radical (unpaired) electrons. The van der Waals surface area contributed by atoms with Crippen molar-refractivity contribution in [2.24, 2.45) is 0 Å². The topological polar surface area (TPSA) is 76.2 Å². The molecular weight excluding hydrogens is 204 g/mol. The molecule has 2 aromatic rings. The number of carboxylic acid groups (broad SMARTS) is 1. The number of rotatable bonds is 2. The lowest BCUT2D eigenvalue weighted by molar-refractivity contribution is 0.0697. The second kappa shape index (κ2) is 4.02. The smallest absolute Gasteiger partial charge is 0.337 e. The minimum Gasteiger partial charge on any atom is -0.478 e. The molecular formula is C12H10N2O2. The average molecular weight is 214 g/mol. The van der Waals surface area contributed by atoms with E-state index in [1.807, 2.05) is 6.07 Å². The van der Waals surface area contributed by atoms with E-state index >= 15 is 0 Å². The molecule has 4 nitrogen and oxygen atoms in total. The molecule has 4 heteroatoms. The number of nitrogens with zero attached hydrogens (tertiary/aromatic N) is 1. The number of pyridine rings is 1. The summed E-state index contributed by atoms with van der Waals surface area (Å²) < 4.78 is 0. The summed E-state index contributed by atoms with van der Waals surface area (Å²) in [6, 6.07) is 8.80. The molecule has 0 aliphatic rings. The first kappa shape index (κ1) is 10.2. The Morgan fingerprint density at radius 1 is 1.19 bits per heavy atom. The predicted octanol–water partition coefficient (Wildman–Crippen LogP) is 2.03. The van der Waals surface area contributed by atoms with Gasteiger partial charge in [0.1, 0.15) is 0 Å². The number of para-hydroxylation sites is 1. The van der Waals surface area contributed by atoms with Crippen LogP contribution in [-0.2, 0) is 0 Å². The summed E-state index contributed by atoms with van der Waals surface area (Å²) in [6.07, 6.45) is 2.87. The molecule has 80 valence electrons. The summed E-state index contributed by atoms with van der Waals surface area (Å²) >= 11 is 0. The van der Waals surface area contributed by atoms with Crippen LogP contribution in [0.3, 0.4) is 0 Å². The van der Waals surface area contributed by atoms with Crippen LogP contribution >= 0.6 is 0 Å². The minimum absolute atomic E-state index is 0.153. The highest BCUT2D eigenvalue weighted by Crippen LogP contribution is 2.27. The highest BCUT2D eigenvalue weighted by molar-refractivity contribution is 5.97. The number of hydrogen-bond donors (Lipinski definition) is 2. The predicted molar refractivity (Wildman–Crippen MR) is 61.0 cm³/mol. The molecule has 0 atom stereocenters. The van der Waals surface area contributed by atoms with Crippen molar-refractivity contribution in [2.45, 2.75) is 0 Å². The van der Waals surface area contributed by atoms with Gasteiger partial charge in [0, 0.05) is 29.2 Å². The first-order valence-corrected chi connectivity index (χ1v) is 4.72. The van der Waals surface area contributed by atoms with Gasteiger partial charge in [-0.25, -0.2) is 4.79 Å². The van der Waals surface area contributed by atoms with Crippen molar-refractivity contribution in [1.29, 1.82) is 0 Å². The van der Waals surface area contributed by atoms with E-state index in [9.17, 15) is 4.79 Å². The first-order valence-electron chi connectivity index (χ1n) is 4.72. The molecule has 0 fully saturated rings. The molecule has 1 aromatic carbocycles. The molecule has 3 N–H and O–H groups in total. The number of benzene rings is 1. The molecule has 0 spiro atoms. The Morgan fingerprint density at radius 3 is 2.62 bits per heavy atom. The minimum atomic E-state index is -1.01. The van der Waals surface area contributed by atoms with Crippen LogP contribution < -0.4 is 5.73 Å². The average Bonchev–Trinajstić information content (AvgIpc) is 2.29. The van der Waals surface area contributed by atoms with E-state index in [-0.39, 0.29) is 5.56 Å². The van der Waals surface area contributed by atoms with Gasteiger partial charge in [0.05, 0.1) is 5.56 Å². The van der Waals surface area contributed by atoms with Gasteiger partial charge in [-0.3, -0.25) is 4.98 Å². The Bertz CT molecular complexity index is 538. The Kier molecular flexibility index (Phi) is 2.55. The highest BCUT2D eigenvalue weighted by atomic mass is 16.4. The lowest BCUT2D eigenvalue weighted by atomic mass is 10.0. The summed E-state index contributed by atoms with van der Waals surface area (Å²) in [6.45, 7) is 0. The van der Waals surface area contributed by atoms with Crippen LogP contribution in [0.5, 0.6) is 0 Å². The fourth-order valence-corrected chi connectivity index (χ4v) is 1.54. The normalized spacial score (nSPS) is 10.0. The van der Waals surface area contributed by atoms with Gasteiger partial charge < -0.3 is 10.8 Å². The van der Waals surface area contributed by atoms with Crippen molar-refractivity contribution in [3.05, 3.63) is 48.3 Å². The molecule has 0 aliphatic carbocycles. The van der Waals surface area contributed by atoms with E-state index in [0.29, 0.717) is 16.8 Å². The van der Waals surface area contributed by atoms with Crippen LogP contribution in [-0.4, -0.2) is 16.1 Å². The van der Waals surface area contributed by atoms with Gasteiger partial charge in [0.2, 0.25) is 0 Å². The largest absolute Gasteiger partial charge is 0.478 e. The summed E-state index contributed by atoms with van der Waals surface area (Å²) in [5.74, 6) is -1.01. The van der Waals surface area contributed by atoms with Gasteiger partial charge in [-0.1, -0.05) is 18.2 Å². The Morgan fingerprint density at radius 2 is 1.94 bits per heavy atom. The van der Waals surface area contributed by atoms with Crippen LogP contribution in [0.2, 0.25) is 0 Å². The van der Waals surface area contributed by atoms with Crippen LogP contribution in [0.15, 0.2) is 42.7 Å². The molecule has 0 aliphatic heterocycles. The van der Waals surface area contributed by atoms with Gasteiger partial charge >= 0.3 is 5.97 Å². The summed E-state index contributed by atoms with van der Waals surface area (Å²) in [5, 5.41) is 9.04. The molecule has 0 saturated heterocycles. The molecule has 1 aromatic heterocycles. The van der Waals surface area contributed by atoms with Gasteiger partial charge in [-0.2, -0.15) is 0 Å². The zero-order chi connectivity index (χ0) is 11.5. The van der Waals surface area contributed by atoms with Crippen molar-refractivity contribution in [2.75, 3.05) is 5.73 Å².